The molecule has 0 aromatic heterocycles. The molecule has 1 atom stereocenters. The van der Waals surface area contributed by atoms with Crippen LogP contribution in [0.4, 0.5) is 0 Å². The highest BCUT2D eigenvalue weighted by Gasteiger charge is 2.22. The predicted molar refractivity (Wildman–Crippen MR) is 97.2 cm³/mol. The first kappa shape index (κ1) is 18.0. The van der Waals surface area contributed by atoms with Crippen molar-refractivity contribution < 1.29 is 9.53 Å². The number of nitrogens with zero attached hydrogens (tertiary/aromatic N) is 1. The van der Waals surface area contributed by atoms with Gasteiger partial charge in [-0.2, -0.15) is 0 Å². The summed E-state index contributed by atoms with van der Waals surface area (Å²) in [5, 5.41) is 2.95. The second-order valence-electron chi connectivity index (χ2n) is 5.91. The monoisotopic (exact) mass is 326 g/mol. The Kier molecular flexibility index (Phi) is 6.82. The van der Waals surface area contributed by atoms with E-state index in [1.165, 1.54) is 5.56 Å². The molecule has 0 spiro atoms. The van der Waals surface area contributed by atoms with Gasteiger partial charge in [-0.25, -0.2) is 0 Å². The number of carbonyl (C=O) groups is 1. The van der Waals surface area contributed by atoms with Crippen LogP contribution in [-0.2, 0) is 11.2 Å². The maximum atomic E-state index is 12.5. The standard InChI is InChI=1S/C20H26N2O2/c1-4-16-10-12-18(13-11-16)24-15-14-21-20(23)19(22(2)3)17-8-6-5-7-9-17/h5-13,19H,4,14-15H2,1-3H3,(H,21,23)/t19-/m0/s1. The van der Waals surface area contributed by atoms with E-state index < -0.39 is 0 Å². The number of amides is 1. The van der Waals surface area contributed by atoms with Crippen LogP contribution in [-0.4, -0.2) is 38.1 Å². The summed E-state index contributed by atoms with van der Waals surface area (Å²) in [6.45, 7) is 3.05. The summed E-state index contributed by atoms with van der Waals surface area (Å²) in [5.74, 6) is 0.810. The van der Waals surface area contributed by atoms with E-state index >= 15 is 0 Å². The molecule has 0 aliphatic heterocycles. The summed E-state index contributed by atoms with van der Waals surface area (Å²) in [4.78, 5) is 14.4. The third kappa shape index (κ3) is 5.10. The van der Waals surface area contributed by atoms with E-state index in [1.54, 1.807) is 0 Å². The SMILES string of the molecule is CCc1ccc(OCCNC(=O)[C@H](c2ccccc2)N(C)C)cc1. The third-order valence-corrected chi connectivity index (χ3v) is 3.88. The second-order valence-corrected chi connectivity index (χ2v) is 5.91. The molecule has 2 aromatic carbocycles. The molecule has 1 amide bonds. The van der Waals surface area contributed by atoms with Gasteiger partial charge in [0.15, 0.2) is 0 Å². The molecule has 0 fully saturated rings. The predicted octanol–water partition coefficient (Wildman–Crippen LogP) is 3.05. The van der Waals surface area contributed by atoms with E-state index in [-0.39, 0.29) is 11.9 Å². The van der Waals surface area contributed by atoms with Gasteiger partial charge in [0.2, 0.25) is 5.91 Å². The van der Waals surface area contributed by atoms with Gasteiger partial charge in [0.05, 0.1) is 6.54 Å². The Bertz CT molecular complexity index is 624. The first-order chi connectivity index (χ1) is 11.6. The first-order valence-electron chi connectivity index (χ1n) is 8.32. The molecular formula is C20H26N2O2. The van der Waals surface area contributed by atoms with Crippen molar-refractivity contribution in [1.82, 2.24) is 10.2 Å². The molecule has 24 heavy (non-hydrogen) atoms. The fourth-order valence-electron chi connectivity index (χ4n) is 2.58. The Morgan fingerprint density at radius 3 is 2.33 bits per heavy atom. The molecule has 0 aliphatic carbocycles. The minimum atomic E-state index is -0.296. The van der Waals surface area contributed by atoms with Crippen molar-refractivity contribution in [2.75, 3.05) is 27.2 Å². The topological polar surface area (TPSA) is 41.6 Å². The molecular weight excluding hydrogens is 300 g/mol. The summed E-state index contributed by atoms with van der Waals surface area (Å²) >= 11 is 0. The highest BCUT2D eigenvalue weighted by Crippen LogP contribution is 2.17. The largest absolute Gasteiger partial charge is 0.492 e. The normalized spacial score (nSPS) is 12.0. The Morgan fingerprint density at radius 1 is 1.08 bits per heavy atom. The highest BCUT2D eigenvalue weighted by atomic mass is 16.5. The number of benzene rings is 2. The van der Waals surface area contributed by atoms with E-state index in [4.69, 9.17) is 4.74 Å². The van der Waals surface area contributed by atoms with Crippen molar-refractivity contribution in [3.63, 3.8) is 0 Å². The zero-order valence-corrected chi connectivity index (χ0v) is 14.7. The summed E-state index contributed by atoms with van der Waals surface area (Å²) in [7, 11) is 3.81. The molecule has 0 saturated heterocycles. The van der Waals surface area contributed by atoms with E-state index in [2.05, 4.69) is 24.4 Å². The van der Waals surface area contributed by atoms with Gasteiger partial charge >= 0.3 is 0 Å². The third-order valence-electron chi connectivity index (χ3n) is 3.88. The number of aryl methyl sites for hydroxylation is 1. The number of nitrogens with one attached hydrogen (secondary N) is 1. The molecule has 0 aliphatic rings. The van der Waals surface area contributed by atoms with Gasteiger partial charge in [-0.15, -0.1) is 0 Å². The zero-order valence-electron chi connectivity index (χ0n) is 14.7. The number of ether oxygens (including phenoxy) is 1. The Balaban J connectivity index is 1.82. The zero-order chi connectivity index (χ0) is 17.4. The van der Waals surface area contributed by atoms with Crippen LogP contribution in [0.5, 0.6) is 5.75 Å². The van der Waals surface area contributed by atoms with Crippen molar-refractivity contribution >= 4 is 5.91 Å². The maximum Gasteiger partial charge on any atom is 0.242 e. The maximum absolute atomic E-state index is 12.5. The van der Waals surface area contributed by atoms with Crippen LogP contribution in [0.3, 0.4) is 0 Å². The molecule has 0 bridgehead atoms. The average molecular weight is 326 g/mol. The molecule has 4 nitrogen and oxygen atoms in total. The molecule has 128 valence electrons. The molecule has 2 aromatic rings. The number of hydrogen-bond donors (Lipinski definition) is 1. The van der Waals surface area contributed by atoms with Gasteiger partial charge < -0.3 is 10.1 Å². The number of hydrogen-bond acceptors (Lipinski definition) is 3. The van der Waals surface area contributed by atoms with Gasteiger partial charge in [0.1, 0.15) is 18.4 Å². The van der Waals surface area contributed by atoms with E-state index in [1.807, 2.05) is 61.5 Å². The first-order valence-corrected chi connectivity index (χ1v) is 8.32. The quantitative estimate of drug-likeness (QED) is 0.758. The molecule has 0 radical (unpaired) electrons. The average Bonchev–Trinajstić information content (AvgIpc) is 2.60. The van der Waals surface area contributed by atoms with Gasteiger partial charge in [-0.3, -0.25) is 9.69 Å². The molecule has 1 N–H and O–H groups in total. The summed E-state index contributed by atoms with van der Waals surface area (Å²) in [6.07, 6.45) is 1.02. The second kappa shape index (κ2) is 9.08. The summed E-state index contributed by atoms with van der Waals surface area (Å²) in [6, 6.07) is 17.5. The van der Waals surface area contributed by atoms with Crippen molar-refractivity contribution in [3.8, 4) is 5.75 Å². The lowest BCUT2D eigenvalue weighted by atomic mass is 10.1. The Morgan fingerprint density at radius 2 is 1.75 bits per heavy atom. The van der Waals surface area contributed by atoms with Crippen LogP contribution >= 0.6 is 0 Å². The minimum Gasteiger partial charge on any atom is -0.492 e. The number of likely N-dealkylation sites (N-methyl/N-ethyl adjacent to an activating group) is 1. The lowest BCUT2D eigenvalue weighted by Gasteiger charge is -2.23. The number of carbonyl (C=O) groups excluding carboxylic acids is 1. The number of rotatable bonds is 8. The van der Waals surface area contributed by atoms with E-state index in [0.29, 0.717) is 13.2 Å². The molecule has 2 rings (SSSR count). The Hall–Kier alpha value is -2.33. The van der Waals surface area contributed by atoms with Crippen molar-refractivity contribution in [2.45, 2.75) is 19.4 Å². The summed E-state index contributed by atoms with van der Waals surface area (Å²) < 4.78 is 5.67. The van der Waals surface area contributed by atoms with Crippen LogP contribution < -0.4 is 10.1 Å². The Labute approximate surface area is 144 Å². The van der Waals surface area contributed by atoms with Crippen molar-refractivity contribution in [3.05, 3.63) is 65.7 Å². The van der Waals surface area contributed by atoms with Crippen LogP contribution in [0, 0.1) is 0 Å². The molecule has 4 heteroatoms. The smallest absolute Gasteiger partial charge is 0.242 e. The highest BCUT2D eigenvalue weighted by molar-refractivity contribution is 5.83. The van der Waals surface area contributed by atoms with Crippen LogP contribution in [0.1, 0.15) is 24.1 Å². The lowest BCUT2D eigenvalue weighted by molar-refractivity contribution is -0.125. The van der Waals surface area contributed by atoms with Crippen molar-refractivity contribution in [2.24, 2.45) is 0 Å². The van der Waals surface area contributed by atoms with Crippen LogP contribution in [0.15, 0.2) is 54.6 Å². The van der Waals surface area contributed by atoms with E-state index in [0.717, 1.165) is 17.7 Å². The molecule has 0 saturated carbocycles. The van der Waals surface area contributed by atoms with E-state index in [9.17, 15) is 4.79 Å². The fourth-order valence-corrected chi connectivity index (χ4v) is 2.58. The van der Waals surface area contributed by atoms with Gasteiger partial charge in [-0.05, 0) is 43.8 Å². The van der Waals surface area contributed by atoms with Crippen molar-refractivity contribution in [1.29, 1.82) is 0 Å². The molecule has 0 unspecified atom stereocenters. The van der Waals surface area contributed by atoms with Gasteiger partial charge in [0, 0.05) is 0 Å². The van der Waals surface area contributed by atoms with Crippen LogP contribution in [0.25, 0.3) is 0 Å². The van der Waals surface area contributed by atoms with Gasteiger partial charge in [-0.1, -0.05) is 49.4 Å². The summed E-state index contributed by atoms with van der Waals surface area (Å²) in [5.41, 5.74) is 2.27. The lowest BCUT2D eigenvalue weighted by Crippen LogP contribution is -2.38. The molecule has 0 heterocycles. The van der Waals surface area contributed by atoms with Crippen LogP contribution in [0.2, 0.25) is 0 Å². The minimum absolute atomic E-state index is 0.0175. The fraction of sp³-hybridized carbons (Fsp3) is 0.350. The van der Waals surface area contributed by atoms with Gasteiger partial charge in [0.25, 0.3) is 0 Å².